The van der Waals surface area contributed by atoms with Crippen molar-refractivity contribution < 1.29 is 90.2 Å². The van der Waals surface area contributed by atoms with Gasteiger partial charge in [0.1, 0.15) is 10.1 Å². The molecule has 0 aliphatic carbocycles. The molecule has 2 aromatic carbocycles. The van der Waals surface area contributed by atoms with Crippen LogP contribution in [0.15, 0.2) is 40.1 Å². The van der Waals surface area contributed by atoms with Gasteiger partial charge in [-0.3, -0.25) is 4.55 Å². The van der Waals surface area contributed by atoms with E-state index in [1.807, 2.05) is 0 Å². The van der Waals surface area contributed by atoms with Gasteiger partial charge in [0.2, 0.25) is 0 Å². The van der Waals surface area contributed by atoms with Gasteiger partial charge in [-0.1, -0.05) is 23.9 Å². The summed E-state index contributed by atoms with van der Waals surface area (Å²) in [4.78, 5) is -1.63. The molecule has 0 radical (unpaired) electrons. The Morgan fingerprint density at radius 3 is 1.95 bits per heavy atom. The number of rotatable bonds is 2. The second-order valence-electron chi connectivity index (χ2n) is 3.70. The van der Waals surface area contributed by atoms with Gasteiger partial charge in [-0.15, -0.1) is 0 Å². The van der Waals surface area contributed by atoms with Crippen LogP contribution in [0.4, 0.5) is 0 Å². The van der Waals surface area contributed by atoms with Gasteiger partial charge in [-0.2, -0.15) is 8.42 Å². The van der Waals surface area contributed by atoms with Crippen LogP contribution >= 0.6 is 0 Å². The molecule has 0 heterocycles. The van der Waals surface area contributed by atoms with E-state index >= 15 is 0 Å². The SMILES string of the molecule is O=S(=O)([O-])c1ccc2ccc([O-])c(S(=O)(=O)O)c2c1.[Na+].[Na+]. The van der Waals surface area contributed by atoms with Crippen molar-refractivity contribution in [2.24, 2.45) is 0 Å². The first-order chi connectivity index (χ1) is 8.60. The summed E-state index contributed by atoms with van der Waals surface area (Å²) in [6.07, 6.45) is 0. The van der Waals surface area contributed by atoms with Crippen LogP contribution in [0.2, 0.25) is 0 Å². The van der Waals surface area contributed by atoms with Crippen molar-refractivity contribution in [3.05, 3.63) is 30.3 Å². The summed E-state index contributed by atoms with van der Waals surface area (Å²) in [6.45, 7) is 0. The van der Waals surface area contributed by atoms with E-state index in [2.05, 4.69) is 0 Å². The zero-order valence-corrected chi connectivity index (χ0v) is 16.7. The first kappa shape index (κ1) is 21.3. The van der Waals surface area contributed by atoms with Crippen LogP contribution in [0.3, 0.4) is 0 Å². The molecule has 0 unspecified atom stereocenters. The minimum absolute atomic E-state index is 0. The van der Waals surface area contributed by atoms with E-state index in [1.54, 1.807) is 0 Å². The molecule has 0 fully saturated rings. The molecule has 0 saturated heterocycles. The number of hydrogen-bond acceptors (Lipinski definition) is 6. The fraction of sp³-hybridized carbons (Fsp3) is 0. The van der Waals surface area contributed by atoms with Gasteiger partial charge in [0.15, 0.2) is 0 Å². The number of benzene rings is 2. The Kier molecular flexibility index (Phi) is 7.37. The Labute approximate surface area is 165 Å². The molecule has 7 nitrogen and oxygen atoms in total. The Morgan fingerprint density at radius 2 is 1.48 bits per heavy atom. The van der Waals surface area contributed by atoms with Crippen molar-refractivity contribution in [3.8, 4) is 5.75 Å². The van der Waals surface area contributed by atoms with Gasteiger partial charge < -0.3 is 9.66 Å². The van der Waals surface area contributed by atoms with Crippen molar-refractivity contribution in [1.82, 2.24) is 0 Å². The van der Waals surface area contributed by atoms with E-state index < -0.39 is 35.8 Å². The largest absolute Gasteiger partial charge is 1.00 e. The van der Waals surface area contributed by atoms with E-state index in [0.29, 0.717) is 0 Å². The van der Waals surface area contributed by atoms with Crippen LogP contribution in [0.25, 0.3) is 10.8 Å². The molecule has 0 saturated carbocycles. The summed E-state index contributed by atoms with van der Waals surface area (Å²) in [5.41, 5.74) is 0. The Morgan fingerprint density at radius 1 is 0.952 bits per heavy atom. The van der Waals surface area contributed by atoms with E-state index in [4.69, 9.17) is 4.55 Å². The van der Waals surface area contributed by atoms with Crippen molar-refractivity contribution in [3.63, 3.8) is 0 Å². The first-order valence-electron chi connectivity index (χ1n) is 4.78. The molecule has 0 atom stereocenters. The molecule has 11 heteroatoms. The fourth-order valence-electron chi connectivity index (χ4n) is 1.67. The quantitative estimate of drug-likeness (QED) is 0.422. The Balaban J connectivity index is 0.00000200. The van der Waals surface area contributed by atoms with Gasteiger partial charge in [0.05, 0.1) is 9.79 Å². The average Bonchev–Trinajstić information content (AvgIpc) is 2.24. The molecule has 102 valence electrons. The molecule has 2 rings (SSSR count). The predicted molar refractivity (Wildman–Crippen MR) is 61.2 cm³/mol. The maximum Gasteiger partial charge on any atom is 1.00 e. The van der Waals surface area contributed by atoms with Crippen molar-refractivity contribution in [2.45, 2.75) is 9.79 Å². The van der Waals surface area contributed by atoms with Crippen molar-refractivity contribution in [1.29, 1.82) is 0 Å². The predicted octanol–water partition coefficient (Wildman–Crippen LogP) is -5.93. The molecule has 1 N–H and O–H groups in total. The van der Waals surface area contributed by atoms with Crippen LogP contribution in [-0.4, -0.2) is 25.9 Å². The number of fused-ring (bicyclic) bond motifs is 1. The van der Waals surface area contributed by atoms with Gasteiger partial charge in [0.25, 0.3) is 10.1 Å². The fourth-order valence-corrected chi connectivity index (χ4v) is 2.95. The van der Waals surface area contributed by atoms with E-state index in [9.17, 15) is 26.5 Å². The normalized spacial score (nSPS) is 11.5. The zero-order chi connectivity index (χ0) is 14.4. The summed E-state index contributed by atoms with van der Waals surface area (Å²) in [5, 5.41) is 11.4. The molecule has 21 heavy (non-hydrogen) atoms. The smallest absolute Gasteiger partial charge is 0.872 e. The second-order valence-corrected chi connectivity index (χ2v) is 6.44. The summed E-state index contributed by atoms with van der Waals surface area (Å²) in [7, 11) is -9.63. The average molecular weight is 348 g/mol. The molecular weight excluding hydrogens is 342 g/mol. The molecular formula is C10H6Na2O7S2. The summed E-state index contributed by atoms with van der Waals surface area (Å²) < 4.78 is 64.0. The van der Waals surface area contributed by atoms with Crippen LogP contribution in [0, 0.1) is 0 Å². The molecule has 0 spiro atoms. The minimum atomic E-state index is -4.83. The van der Waals surface area contributed by atoms with Gasteiger partial charge in [-0.05, 0) is 17.5 Å². The summed E-state index contributed by atoms with van der Waals surface area (Å²) in [5.74, 6) is -0.990. The number of hydrogen-bond donors (Lipinski definition) is 1. The maximum absolute atomic E-state index is 11.5. The molecule has 0 aliphatic rings. The van der Waals surface area contributed by atoms with E-state index in [-0.39, 0.29) is 69.9 Å². The zero-order valence-electron chi connectivity index (χ0n) is 11.1. The topological polar surface area (TPSA) is 135 Å². The first-order valence-corrected chi connectivity index (χ1v) is 7.63. The minimum Gasteiger partial charge on any atom is -0.872 e. The molecule has 0 aliphatic heterocycles. The van der Waals surface area contributed by atoms with E-state index in [1.165, 1.54) is 12.1 Å². The third-order valence-electron chi connectivity index (χ3n) is 2.45. The maximum atomic E-state index is 11.5. The molecule has 0 amide bonds. The molecule has 0 aromatic heterocycles. The Bertz CT molecular complexity index is 876. The molecule has 0 bridgehead atoms. The standard InChI is InChI=1S/C10H8O7S2.2Na/c11-9-4-2-6-1-3-7(18(12,13)14)5-8(6)10(9)19(15,16)17;;/h1-5,11H,(H,12,13,14)(H,15,16,17);;/q;2*+1/p-2. The Hall–Kier alpha value is 0.320. The third kappa shape index (κ3) is 4.64. The summed E-state index contributed by atoms with van der Waals surface area (Å²) >= 11 is 0. The van der Waals surface area contributed by atoms with Gasteiger partial charge in [0, 0.05) is 5.39 Å². The second kappa shape index (κ2) is 7.26. The van der Waals surface area contributed by atoms with Crippen LogP contribution in [-0.2, 0) is 20.2 Å². The van der Waals surface area contributed by atoms with Gasteiger partial charge in [-0.25, -0.2) is 8.42 Å². The van der Waals surface area contributed by atoms with E-state index in [0.717, 1.165) is 18.2 Å². The van der Waals surface area contributed by atoms with Crippen LogP contribution < -0.4 is 64.2 Å². The molecule has 2 aromatic rings. The van der Waals surface area contributed by atoms with Gasteiger partial charge >= 0.3 is 59.1 Å². The monoisotopic (exact) mass is 348 g/mol. The third-order valence-corrected chi connectivity index (χ3v) is 4.22. The van der Waals surface area contributed by atoms with Crippen molar-refractivity contribution in [2.75, 3.05) is 0 Å². The van der Waals surface area contributed by atoms with Crippen LogP contribution in [0.5, 0.6) is 5.75 Å². The van der Waals surface area contributed by atoms with Crippen molar-refractivity contribution >= 4 is 31.0 Å². The summed E-state index contributed by atoms with van der Waals surface area (Å²) in [6, 6.07) is 5.10. The van der Waals surface area contributed by atoms with Crippen LogP contribution in [0.1, 0.15) is 0 Å².